The van der Waals surface area contributed by atoms with Crippen LogP contribution < -0.4 is 0 Å². The molecular formula is C34H40N7O3+. The first-order valence-electron chi connectivity index (χ1n) is 15.6. The Labute approximate surface area is 257 Å². The highest BCUT2D eigenvalue weighted by molar-refractivity contribution is 5.94. The Balaban J connectivity index is 1.30. The van der Waals surface area contributed by atoms with E-state index in [4.69, 9.17) is 10.00 Å². The normalized spacial score (nSPS) is 22.2. The minimum atomic E-state index is -0.752. The number of piperidine rings is 1. The molecule has 2 aliphatic heterocycles. The predicted octanol–water partition coefficient (Wildman–Crippen LogP) is 5.13. The number of para-hydroxylation sites is 1. The molecule has 1 fully saturated rings. The number of carbonyl (C=O) groups is 2. The molecule has 0 radical (unpaired) electrons. The standard InChI is InChI=1S/C34H40N7O3/c1-5-23-8-7-9-25-26-13-17-44-34(6-2,31(26)38-30(23)25)18-29(43)41-16-12-27-32(36-21-37-33(27)41)39(4)19-24-20-40(15-11-22(24)3)28(42)10-14-35/h7-9,12,16,19,21-22,24,38H,5-6,10-11,13,15,17-18,20H2,1-4H3/q+1/b39-19-/t22-,24?,34?/m1/s1. The van der Waals surface area contributed by atoms with Gasteiger partial charge in [-0.25, -0.2) is 4.58 Å². The van der Waals surface area contributed by atoms with Gasteiger partial charge in [0.1, 0.15) is 17.4 Å². The Bertz CT molecular complexity index is 1810. The van der Waals surface area contributed by atoms with Gasteiger partial charge in [0.2, 0.25) is 18.1 Å². The lowest BCUT2D eigenvalue weighted by Gasteiger charge is -2.36. The topological polar surface area (TPSA) is 120 Å². The third-order valence-electron chi connectivity index (χ3n) is 9.68. The van der Waals surface area contributed by atoms with Crippen molar-refractivity contribution >= 4 is 45.8 Å². The third kappa shape index (κ3) is 5.09. The van der Waals surface area contributed by atoms with Crippen molar-refractivity contribution in [2.75, 3.05) is 26.7 Å². The molecule has 1 aromatic carbocycles. The van der Waals surface area contributed by atoms with Gasteiger partial charge in [0.15, 0.2) is 5.65 Å². The van der Waals surface area contributed by atoms with Crippen molar-refractivity contribution in [3.8, 4) is 6.07 Å². The van der Waals surface area contributed by atoms with Crippen LogP contribution >= 0.6 is 0 Å². The number of likely N-dealkylation sites (tertiary alicyclic amines) is 1. The number of hydrogen-bond donors (Lipinski definition) is 1. The van der Waals surface area contributed by atoms with E-state index in [1.165, 1.54) is 22.8 Å². The molecule has 0 aliphatic carbocycles. The Hall–Kier alpha value is -4.36. The van der Waals surface area contributed by atoms with Crippen LogP contribution in [-0.4, -0.2) is 73.8 Å². The molecule has 44 heavy (non-hydrogen) atoms. The number of aromatic amines is 1. The van der Waals surface area contributed by atoms with Gasteiger partial charge < -0.3 is 14.6 Å². The predicted molar refractivity (Wildman–Crippen MR) is 168 cm³/mol. The zero-order chi connectivity index (χ0) is 31.0. The highest BCUT2D eigenvalue weighted by Crippen LogP contribution is 2.42. The van der Waals surface area contributed by atoms with Crippen LogP contribution in [0.2, 0.25) is 0 Å². The quantitative estimate of drug-likeness (QED) is 0.234. The minimum Gasteiger partial charge on any atom is -0.368 e. The number of aromatic nitrogens is 4. The summed E-state index contributed by atoms with van der Waals surface area (Å²) in [6, 6.07) is 10.3. The second kappa shape index (κ2) is 12.0. The fourth-order valence-electron chi connectivity index (χ4n) is 7.05. The minimum absolute atomic E-state index is 0.0899. The van der Waals surface area contributed by atoms with E-state index < -0.39 is 5.60 Å². The monoisotopic (exact) mass is 594 g/mol. The van der Waals surface area contributed by atoms with E-state index in [1.807, 2.05) is 23.8 Å². The number of H-pyrrole nitrogens is 1. The molecule has 0 bridgehead atoms. The summed E-state index contributed by atoms with van der Waals surface area (Å²) >= 11 is 0. The SMILES string of the molecule is CCc1cccc2c3c([nH]c12)C(CC)(CC(=O)n1ccc2c(/[N+](C)=C\C4CN(C(=O)CC#N)CC[C@H]4C)ncnc21)OCC3. The van der Waals surface area contributed by atoms with Crippen LogP contribution in [0.1, 0.15) is 68.1 Å². The van der Waals surface area contributed by atoms with E-state index in [0.29, 0.717) is 43.5 Å². The lowest BCUT2D eigenvalue weighted by Crippen LogP contribution is -2.44. The van der Waals surface area contributed by atoms with Crippen molar-refractivity contribution in [2.24, 2.45) is 11.8 Å². The Morgan fingerprint density at radius 2 is 2.07 bits per heavy atom. The first kappa shape index (κ1) is 29.7. The van der Waals surface area contributed by atoms with Crippen molar-refractivity contribution in [1.29, 1.82) is 5.26 Å². The van der Waals surface area contributed by atoms with E-state index in [1.54, 1.807) is 15.7 Å². The molecule has 1 saturated heterocycles. The van der Waals surface area contributed by atoms with Crippen molar-refractivity contribution in [1.82, 2.24) is 24.4 Å². The Morgan fingerprint density at radius 1 is 1.23 bits per heavy atom. The van der Waals surface area contributed by atoms with Gasteiger partial charge in [0.05, 0.1) is 38.1 Å². The first-order chi connectivity index (χ1) is 21.3. The summed E-state index contributed by atoms with van der Waals surface area (Å²) in [5, 5.41) is 11.0. The number of nitrogens with one attached hydrogen (secondary N) is 1. The number of benzene rings is 1. The summed E-state index contributed by atoms with van der Waals surface area (Å²) in [6.07, 6.45) is 8.72. The number of rotatable bonds is 7. The van der Waals surface area contributed by atoms with Crippen LogP contribution in [0.5, 0.6) is 0 Å². The molecule has 1 N–H and O–H groups in total. The number of carbonyl (C=O) groups excluding carboxylic acids is 2. The molecule has 0 spiro atoms. The smallest absolute Gasteiger partial charge is 0.335 e. The van der Waals surface area contributed by atoms with Gasteiger partial charge in [-0.15, -0.1) is 0 Å². The van der Waals surface area contributed by atoms with Crippen molar-refractivity contribution in [3.63, 3.8) is 0 Å². The Morgan fingerprint density at radius 3 is 2.84 bits per heavy atom. The number of nitrogens with zero attached hydrogens (tertiary/aromatic N) is 6. The molecule has 1 amide bonds. The number of nitriles is 1. The maximum atomic E-state index is 14.0. The second-order valence-electron chi connectivity index (χ2n) is 12.2. The highest BCUT2D eigenvalue weighted by atomic mass is 16.5. The Kier molecular flexibility index (Phi) is 8.08. The van der Waals surface area contributed by atoms with E-state index in [0.717, 1.165) is 35.9 Å². The van der Waals surface area contributed by atoms with Gasteiger partial charge in [-0.3, -0.25) is 14.2 Å². The molecule has 10 heteroatoms. The molecular weight excluding hydrogens is 554 g/mol. The van der Waals surface area contributed by atoms with Crippen LogP contribution in [0.4, 0.5) is 5.82 Å². The number of hydrogen-bond acceptors (Lipinski definition) is 6. The summed E-state index contributed by atoms with van der Waals surface area (Å²) in [4.78, 5) is 41.0. The number of fused-ring (bicyclic) bond motifs is 4. The van der Waals surface area contributed by atoms with Crippen LogP contribution in [0.25, 0.3) is 21.9 Å². The van der Waals surface area contributed by atoms with Gasteiger partial charge in [-0.1, -0.05) is 39.0 Å². The highest BCUT2D eigenvalue weighted by Gasteiger charge is 2.41. The van der Waals surface area contributed by atoms with Crippen molar-refractivity contribution in [2.45, 2.75) is 64.9 Å². The molecule has 10 nitrogen and oxygen atoms in total. The molecule has 2 unspecified atom stereocenters. The maximum Gasteiger partial charge on any atom is 0.335 e. The van der Waals surface area contributed by atoms with Gasteiger partial charge in [-0.05, 0) is 53.8 Å². The van der Waals surface area contributed by atoms with Crippen LogP contribution in [0.3, 0.4) is 0 Å². The largest absolute Gasteiger partial charge is 0.368 e. The second-order valence-corrected chi connectivity index (χ2v) is 12.2. The lowest BCUT2D eigenvalue weighted by molar-refractivity contribution is -0.405. The fourth-order valence-corrected chi connectivity index (χ4v) is 7.05. The van der Waals surface area contributed by atoms with Gasteiger partial charge in [0.25, 0.3) is 0 Å². The van der Waals surface area contributed by atoms with Crippen LogP contribution in [0, 0.1) is 23.2 Å². The summed E-state index contributed by atoms with van der Waals surface area (Å²) in [7, 11) is 1.94. The first-order valence-corrected chi connectivity index (χ1v) is 15.6. The van der Waals surface area contributed by atoms with Gasteiger partial charge >= 0.3 is 5.82 Å². The van der Waals surface area contributed by atoms with E-state index >= 15 is 0 Å². The van der Waals surface area contributed by atoms with E-state index in [-0.39, 0.29) is 30.6 Å². The molecule has 228 valence electrons. The number of amides is 1. The molecule has 4 aromatic rings. The van der Waals surface area contributed by atoms with Gasteiger partial charge in [0, 0.05) is 36.1 Å². The molecule has 6 rings (SSSR count). The molecule has 0 saturated carbocycles. The van der Waals surface area contributed by atoms with Crippen molar-refractivity contribution < 1.29 is 18.9 Å². The van der Waals surface area contributed by atoms with Crippen molar-refractivity contribution in [3.05, 3.63) is 53.6 Å². The fraction of sp³-hybridized carbons (Fsp3) is 0.471. The zero-order valence-electron chi connectivity index (χ0n) is 26.0. The summed E-state index contributed by atoms with van der Waals surface area (Å²) < 4.78 is 10.1. The van der Waals surface area contributed by atoms with E-state index in [9.17, 15) is 9.59 Å². The van der Waals surface area contributed by atoms with Crippen LogP contribution in [-0.2, 0) is 28.0 Å². The van der Waals surface area contributed by atoms with Gasteiger partial charge in [-0.2, -0.15) is 10.2 Å². The molecule has 2 aliphatic rings. The lowest BCUT2D eigenvalue weighted by atomic mass is 9.86. The van der Waals surface area contributed by atoms with E-state index in [2.05, 4.69) is 60.1 Å². The summed E-state index contributed by atoms with van der Waals surface area (Å²) in [5.74, 6) is 0.955. The maximum absolute atomic E-state index is 14.0. The molecule has 3 aromatic heterocycles. The summed E-state index contributed by atoms with van der Waals surface area (Å²) in [6.45, 7) is 8.22. The number of aryl methyl sites for hydroxylation is 1. The summed E-state index contributed by atoms with van der Waals surface area (Å²) in [5.41, 5.74) is 4.47. The third-order valence-corrected chi connectivity index (χ3v) is 9.68. The number of ether oxygens (including phenoxy) is 1. The average Bonchev–Trinajstić information content (AvgIpc) is 3.65. The molecule has 3 atom stereocenters. The van der Waals surface area contributed by atoms with Crippen LogP contribution in [0.15, 0.2) is 36.8 Å². The average molecular weight is 595 g/mol. The molecule has 5 heterocycles. The zero-order valence-corrected chi connectivity index (χ0v) is 26.0.